The molecule has 3 N–H and O–H groups in total. The number of benzene rings is 1. The van der Waals surface area contributed by atoms with Crippen molar-refractivity contribution in [2.45, 2.75) is 19.3 Å². The molecule has 0 aliphatic heterocycles. The highest BCUT2D eigenvalue weighted by Gasteiger charge is 2.10. The number of carbonyl (C=O) groups excluding carboxylic acids is 1. The van der Waals surface area contributed by atoms with Crippen LogP contribution in [0.2, 0.25) is 0 Å². The van der Waals surface area contributed by atoms with Crippen LogP contribution in [0.1, 0.15) is 29.6 Å². The molecule has 94 valence electrons. The number of halogens is 1. The first kappa shape index (κ1) is 14.1. The van der Waals surface area contributed by atoms with Gasteiger partial charge in [0.25, 0.3) is 5.91 Å². The Bertz CT molecular complexity index is 382. The molecular weight excluding hydrogens is 333 g/mol. The third-order valence-electron chi connectivity index (χ3n) is 2.32. The number of unbranched alkanes of at least 4 members (excludes halogenated alkanes) is 2. The Kier molecular flexibility index (Phi) is 6.10. The Morgan fingerprint density at radius 1 is 1.24 bits per heavy atom. The molecule has 0 fully saturated rings. The van der Waals surface area contributed by atoms with Gasteiger partial charge in [0.1, 0.15) is 11.5 Å². The molecule has 0 heterocycles. The van der Waals surface area contributed by atoms with Crippen molar-refractivity contribution in [1.29, 1.82) is 0 Å². The maximum Gasteiger partial charge on any atom is 0.255 e. The maximum absolute atomic E-state index is 11.7. The van der Waals surface area contributed by atoms with Crippen LogP contribution >= 0.6 is 22.6 Å². The third kappa shape index (κ3) is 4.80. The van der Waals surface area contributed by atoms with E-state index in [4.69, 9.17) is 5.11 Å². The number of alkyl halides is 1. The van der Waals surface area contributed by atoms with E-state index in [-0.39, 0.29) is 23.0 Å². The van der Waals surface area contributed by atoms with Crippen LogP contribution in [0.3, 0.4) is 0 Å². The van der Waals surface area contributed by atoms with Gasteiger partial charge in [-0.3, -0.25) is 4.79 Å². The Hall–Kier alpha value is -0.980. The number of amides is 1. The fourth-order valence-corrected chi connectivity index (χ4v) is 1.94. The molecular formula is C12H16INO3. The topological polar surface area (TPSA) is 69.6 Å². The normalized spacial score (nSPS) is 10.2. The lowest BCUT2D eigenvalue weighted by Gasteiger charge is -2.06. The zero-order valence-electron chi connectivity index (χ0n) is 9.45. The van der Waals surface area contributed by atoms with E-state index in [1.165, 1.54) is 12.1 Å². The van der Waals surface area contributed by atoms with Gasteiger partial charge in [0.2, 0.25) is 0 Å². The van der Waals surface area contributed by atoms with E-state index in [2.05, 4.69) is 27.9 Å². The van der Waals surface area contributed by atoms with E-state index < -0.39 is 0 Å². The van der Waals surface area contributed by atoms with Crippen molar-refractivity contribution in [2.75, 3.05) is 11.0 Å². The second kappa shape index (κ2) is 7.37. The fourth-order valence-electron chi connectivity index (χ4n) is 1.41. The minimum absolute atomic E-state index is 0.0545. The van der Waals surface area contributed by atoms with Gasteiger partial charge >= 0.3 is 0 Å². The summed E-state index contributed by atoms with van der Waals surface area (Å²) >= 11 is 2.33. The highest BCUT2D eigenvalue weighted by molar-refractivity contribution is 14.1. The van der Waals surface area contributed by atoms with Crippen molar-refractivity contribution in [1.82, 2.24) is 5.32 Å². The lowest BCUT2D eigenvalue weighted by atomic mass is 10.1. The number of hydrogen-bond donors (Lipinski definition) is 3. The van der Waals surface area contributed by atoms with Gasteiger partial charge in [-0.05, 0) is 29.4 Å². The predicted octanol–water partition coefficient (Wildman–Crippen LogP) is 2.43. The number of hydrogen-bond acceptors (Lipinski definition) is 3. The first-order valence-corrected chi connectivity index (χ1v) is 7.04. The Morgan fingerprint density at radius 3 is 2.65 bits per heavy atom. The summed E-state index contributed by atoms with van der Waals surface area (Å²) in [6, 6.07) is 3.94. The lowest BCUT2D eigenvalue weighted by Crippen LogP contribution is -2.24. The quantitative estimate of drug-likeness (QED) is 0.420. The van der Waals surface area contributed by atoms with Gasteiger partial charge < -0.3 is 15.5 Å². The largest absolute Gasteiger partial charge is 0.508 e. The summed E-state index contributed by atoms with van der Waals surface area (Å²) in [5.74, 6) is -0.562. The third-order valence-corrected chi connectivity index (χ3v) is 3.08. The van der Waals surface area contributed by atoms with E-state index in [0.717, 1.165) is 29.8 Å². The van der Waals surface area contributed by atoms with Crippen LogP contribution in [0.5, 0.6) is 11.5 Å². The summed E-state index contributed by atoms with van der Waals surface area (Å²) in [6.07, 6.45) is 3.18. The molecule has 0 aromatic heterocycles. The van der Waals surface area contributed by atoms with Gasteiger partial charge in [0.15, 0.2) is 0 Å². The summed E-state index contributed by atoms with van der Waals surface area (Å²) in [6.45, 7) is 0.607. The Balaban J connectivity index is 2.42. The number of phenolic OH excluding ortho intramolecular Hbond substituents is 2. The molecule has 0 aliphatic carbocycles. The average Bonchev–Trinajstić information content (AvgIpc) is 2.28. The zero-order chi connectivity index (χ0) is 12.7. The van der Waals surface area contributed by atoms with Crippen LogP contribution in [0.4, 0.5) is 0 Å². The van der Waals surface area contributed by atoms with Crippen LogP contribution in [-0.2, 0) is 0 Å². The van der Waals surface area contributed by atoms with Crippen LogP contribution in [0.15, 0.2) is 18.2 Å². The molecule has 0 radical (unpaired) electrons. The van der Waals surface area contributed by atoms with Crippen molar-refractivity contribution in [2.24, 2.45) is 0 Å². The summed E-state index contributed by atoms with van der Waals surface area (Å²) in [7, 11) is 0. The highest BCUT2D eigenvalue weighted by Crippen LogP contribution is 2.22. The number of phenols is 2. The summed E-state index contributed by atoms with van der Waals surface area (Å²) in [5.41, 5.74) is 0.191. The molecule has 17 heavy (non-hydrogen) atoms. The van der Waals surface area contributed by atoms with E-state index >= 15 is 0 Å². The lowest BCUT2D eigenvalue weighted by molar-refractivity contribution is 0.0950. The highest BCUT2D eigenvalue weighted by atomic mass is 127. The van der Waals surface area contributed by atoms with Crippen LogP contribution in [-0.4, -0.2) is 27.1 Å². The van der Waals surface area contributed by atoms with E-state index in [1.807, 2.05) is 0 Å². The molecule has 4 nitrogen and oxygen atoms in total. The second-order valence-corrected chi connectivity index (χ2v) is 4.79. The van der Waals surface area contributed by atoms with Crippen molar-refractivity contribution in [3.8, 4) is 11.5 Å². The van der Waals surface area contributed by atoms with Gasteiger partial charge in [-0.1, -0.05) is 29.0 Å². The maximum atomic E-state index is 11.7. The minimum atomic E-state index is -0.308. The van der Waals surface area contributed by atoms with Crippen molar-refractivity contribution in [3.05, 3.63) is 23.8 Å². The SMILES string of the molecule is O=C(NCCCCCI)c1ccc(O)cc1O. The first-order valence-electron chi connectivity index (χ1n) is 5.51. The zero-order valence-corrected chi connectivity index (χ0v) is 11.6. The van der Waals surface area contributed by atoms with Gasteiger partial charge in [-0.2, -0.15) is 0 Å². The van der Waals surface area contributed by atoms with Gasteiger partial charge in [-0.25, -0.2) is 0 Å². The van der Waals surface area contributed by atoms with Crippen molar-refractivity contribution < 1.29 is 15.0 Å². The van der Waals surface area contributed by atoms with Crippen molar-refractivity contribution >= 4 is 28.5 Å². The minimum Gasteiger partial charge on any atom is -0.508 e. The first-order chi connectivity index (χ1) is 8.15. The molecule has 1 amide bonds. The van der Waals surface area contributed by atoms with Crippen LogP contribution < -0.4 is 5.32 Å². The molecule has 0 saturated carbocycles. The molecule has 0 atom stereocenters. The summed E-state index contributed by atoms with van der Waals surface area (Å²) in [5, 5.41) is 21.3. The van der Waals surface area contributed by atoms with E-state index in [9.17, 15) is 9.90 Å². The van der Waals surface area contributed by atoms with Crippen molar-refractivity contribution in [3.63, 3.8) is 0 Å². The number of aromatic hydroxyl groups is 2. The monoisotopic (exact) mass is 349 g/mol. The van der Waals surface area contributed by atoms with Crippen LogP contribution in [0, 0.1) is 0 Å². The standard InChI is InChI=1S/C12H16INO3/c13-6-2-1-3-7-14-12(17)10-5-4-9(15)8-11(10)16/h4-5,8,15-16H,1-3,6-7H2,(H,14,17). The fraction of sp³-hybridized carbons (Fsp3) is 0.417. The molecule has 0 saturated heterocycles. The average molecular weight is 349 g/mol. The number of carbonyl (C=O) groups is 1. The molecule has 0 bridgehead atoms. The van der Waals surface area contributed by atoms with Crippen LogP contribution in [0.25, 0.3) is 0 Å². The van der Waals surface area contributed by atoms with Gasteiger partial charge in [0.05, 0.1) is 5.56 Å². The summed E-state index contributed by atoms with van der Waals surface area (Å²) in [4.78, 5) is 11.7. The number of rotatable bonds is 6. The van der Waals surface area contributed by atoms with E-state index in [0.29, 0.717) is 6.54 Å². The molecule has 0 unspecified atom stereocenters. The number of nitrogens with one attached hydrogen (secondary N) is 1. The second-order valence-electron chi connectivity index (χ2n) is 3.71. The Morgan fingerprint density at radius 2 is 2.00 bits per heavy atom. The molecule has 1 aromatic rings. The predicted molar refractivity (Wildman–Crippen MR) is 74.8 cm³/mol. The Labute approximate surface area is 114 Å². The molecule has 0 aliphatic rings. The van der Waals surface area contributed by atoms with E-state index in [1.54, 1.807) is 0 Å². The molecule has 1 aromatic carbocycles. The molecule has 1 rings (SSSR count). The van der Waals surface area contributed by atoms with Gasteiger partial charge in [0, 0.05) is 12.6 Å². The smallest absolute Gasteiger partial charge is 0.255 e. The molecule has 5 heteroatoms. The molecule has 0 spiro atoms. The van der Waals surface area contributed by atoms with Gasteiger partial charge in [-0.15, -0.1) is 0 Å². The summed E-state index contributed by atoms with van der Waals surface area (Å²) < 4.78 is 1.13.